The smallest absolute Gasteiger partial charge is 0.0625 e. The highest BCUT2D eigenvalue weighted by Crippen LogP contribution is 2.05. The molecule has 2 heteroatoms. The molecule has 1 rings (SSSR count). The summed E-state index contributed by atoms with van der Waals surface area (Å²) in [6.45, 7) is 6.10. The molecule has 0 amide bonds. The molecule has 0 aromatic heterocycles. The van der Waals surface area contributed by atoms with Crippen molar-refractivity contribution in [1.82, 2.24) is 5.32 Å². The quantitative estimate of drug-likeness (QED) is 0.572. The van der Waals surface area contributed by atoms with Gasteiger partial charge >= 0.3 is 0 Å². The van der Waals surface area contributed by atoms with Gasteiger partial charge in [0.15, 0.2) is 0 Å². The van der Waals surface area contributed by atoms with Gasteiger partial charge in [0.2, 0.25) is 0 Å². The van der Waals surface area contributed by atoms with Crippen molar-refractivity contribution in [3.63, 3.8) is 0 Å². The minimum absolute atomic E-state index is 0.657. The van der Waals surface area contributed by atoms with E-state index in [0.717, 1.165) is 19.5 Å². The summed E-state index contributed by atoms with van der Waals surface area (Å²) in [6, 6.07) is 2.13. The number of hydrogen-bond donors (Lipinski definition) is 1. The summed E-state index contributed by atoms with van der Waals surface area (Å²) in [7, 11) is 0. The van der Waals surface area contributed by atoms with Crippen LogP contribution in [-0.2, 0) is 0 Å². The van der Waals surface area contributed by atoms with Gasteiger partial charge in [-0.05, 0) is 5.92 Å². The van der Waals surface area contributed by atoms with E-state index in [9.17, 15) is 0 Å². The molecule has 0 spiro atoms. The van der Waals surface area contributed by atoms with Crippen molar-refractivity contribution < 1.29 is 0 Å². The van der Waals surface area contributed by atoms with Crippen LogP contribution >= 0.6 is 0 Å². The largest absolute Gasteiger partial charge is 0.316 e. The molecule has 52 valence electrons. The first kappa shape index (κ1) is 8.45. The van der Waals surface area contributed by atoms with Crippen LogP contribution in [0.15, 0.2) is 0 Å². The van der Waals surface area contributed by atoms with Gasteiger partial charge in [0.25, 0.3) is 0 Å². The van der Waals surface area contributed by atoms with E-state index < -0.39 is 0 Å². The van der Waals surface area contributed by atoms with Gasteiger partial charge in [-0.15, -0.1) is 0 Å². The Morgan fingerprint density at radius 2 is 2.11 bits per heavy atom. The fourth-order valence-corrected chi connectivity index (χ4v) is 0.622. The highest BCUT2D eigenvalue weighted by atomic mass is 14.9. The van der Waals surface area contributed by atoms with Crippen molar-refractivity contribution >= 4 is 0 Å². The maximum absolute atomic E-state index is 8.12. The molecule has 0 unspecified atom stereocenters. The van der Waals surface area contributed by atoms with E-state index >= 15 is 0 Å². The number of hydrogen-bond acceptors (Lipinski definition) is 2. The van der Waals surface area contributed by atoms with Gasteiger partial charge in [-0.25, -0.2) is 0 Å². The van der Waals surface area contributed by atoms with Crippen molar-refractivity contribution in [2.75, 3.05) is 13.1 Å². The number of rotatable bonds is 1. The van der Waals surface area contributed by atoms with Crippen LogP contribution in [0.25, 0.3) is 0 Å². The highest BCUT2D eigenvalue weighted by molar-refractivity contribution is 4.83. The molecule has 1 heterocycles. The molecule has 0 aromatic rings. The summed E-state index contributed by atoms with van der Waals surface area (Å²) in [5.74, 6) is 0.657. The molecule has 2 nitrogen and oxygen atoms in total. The third-order valence-corrected chi connectivity index (χ3v) is 1.25. The molecule has 9 heavy (non-hydrogen) atoms. The molecule has 1 aliphatic rings. The van der Waals surface area contributed by atoms with E-state index in [1.165, 1.54) is 0 Å². The zero-order valence-corrected chi connectivity index (χ0v) is 6.15. The van der Waals surface area contributed by atoms with Crippen LogP contribution in [0.1, 0.15) is 20.3 Å². The van der Waals surface area contributed by atoms with Crippen LogP contribution in [0.3, 0.4) is 0 Å². The molecule has 0 aromatic carbocycles. The molecule has 1 aliphatic heterocycles. The lowest BCUT2D eigenvalue weighted by atomic mass is 10.0. The lowest BCUT2D eigenvalue weighted by molar-refractivity contribution is 0.355. The molecule has 0 radical (unpaired) electrons. The Kier molecular flexibility index (Phi) is 5.24. The van der Waals surface area contributed by atoms with Crippen LogP contribution in [0, 0.1) is 17.2 Å². The number of nitriles is 1. The molecule has 1 fully saturated rings. The Morgan fingerprint density at radius 1 is 1.56 bits per heavy atom. The first-order valence-electron chi connectivity index (χ1n) is 3.51. The van der Waals surface area contributed by atoms with Gasteiger partial charge in [-0.1, -0.05) is 13.8 Å². The van der Waals surface area contributed by atoms with Crippen molar-refractivity contribution in [2.45, 2.75) is 20.3 Å². The molecule has 0 saturated carbocycles. The van der Waals surface area contributed by atoms with Crippen molar-refractivity contribution in [2.24, 2.45) is 5.92 Å². The maximum Gasteiger partial charge on any atom is 0.0625 e. The van der Waals surface area contributed by atoms with Gasteiger partial charge in [-0.3, -0.25) is 0 Å². The molecule has 0 atom stereocenters. The van der Waals surface area contributed by atoms with Crippen molar-refractivity contribution in [1.29, 1.82) is 5.26 Å². The first-order chi connectivity index (χ1) is 4.43. The fraction of sp³-hybridized carbons (Fsp3) is 0.857. The predicted molar refractivity (Wildman–Crippen MR) is 37.9 cm³/mol. The van der Waals surface area contributed by atoms with E-state index in [-0.39, 0.29) is 0 Å². The zero-order valence-electron chi connectivity index (χ0n) is 6.15. The van der Waals surface area contributed by atoms with Crippen LogP contribution in [0.2, 0.25) is 0 Å². The van der Waals surface area contributed by atoms with Crippen molar-refractivity contribution in [3.8, 4) is 6.07 Å². The number of nitrogens with zero attached hydrogens (tertiary/aromatic N) is 1. The van der Waals surface area contributed by atoms with Crippen LogP contribution in [0.5, 0.6) is 0 Å². The third-order valence-electron chi connectivity index (χ3n) is 1.25. The minimum Gasteiger partial charge on any atom is -0.316 e. The van der Waals surface area contributed by atoms with E-state index in [2.05, 4.69) is 11.4 Å². The average Bonchev–Trinajstić information content (AvgIpc) is 1.84. The zero-order chi connectivity index (χ0) is 7.11. The fourth-order valence-electron chi connectivity index (χ4n) is 0.622. The van der Waals surface area contributed by atoms with E-state index in [1.807, 2.05) is 13.8 Å². The second-order valence-electron chi connectivity index (χ2n) is 1.89. The second kappa shape index (κ2) is 5.58. The van der Waals surface area contributed by atoms with Crippen molar-refractivity contribution in [3.05, 3.63) is 0 Å². The standard InChI is InChI=1S/C5H8N2.C2H6/c6-2-1-5-3-7-4-5;1-2/h5,7H,1,3-4H2;1-2H3. The maximum atomic E-state index is 8.12. The molecular weight excluding hydrogens is 112 g/mol. The molecule has 1 saturated heterocycles. The Morgan fingerprint density at radius 3 is 2.22 bits per heavy atom. The van der Waals surface area contributed by atoms with E-state index in [4.69, 9.17) is 5.26 Å². The van der Waals surface area contributed by atoms with Gasteiger partial charge < -0.3 is 5.32 Å². The lowest BCUT2D eigenvalue weighted by Gasteiger charge is -2.23. The Labute approximate surface area is 56.9 Å². The lowest BCUT2D eigenvalue weighted by Crippen LogP contribution is -2.41. The summed E-state index contributed by atoms with van der Waals surface area (Å²) in [5.41, 5.74) is 0. The minimum atomic E-state index is 0.657. The van der Waals surface area contributed by atoms with E-state index in [0.29, 0.717) is 5.92 Å². The van der Waals surface area contributed by atoms with Gasteiger partial charge in [0.05, 0.1) is 6.07 Å². The van der Waals surface area contributed by atoms with Crippen LogP contribution in [0.4, 0.5) is 0 Å². The Balaban J connectivity index is 0.000000291. The summed E-state index contributed by atoms with van der Waals surface area (Å²) >= 11 is 0. The summed E-state index contributed by atoms with van der Waals surface area (Å²) in [6.07, 6.45) is 0.729. The third kappa shape index (κ3) is 3.10. The monoisotopic (exact) mass is 126 g/mol. The first-order valence-corrected chi connectivity index (χ1v) is 3.51. The molecule has 1 N–H and O–H groups in total. The van der Waals surface area contributed by atoms with Crippen LogP contribution in [-0.4, -0.2) is 13.1 Å². The van der Waals surface area contributed by atoms with E-state index in [1.54, 1.807) is 0 Å². The summed E-state index contributed by atoms with van der Waals surface area (Å²) < 4.78 is 0. The average molecular weight is 126 g/mol. The Bertz CT molecular complexity index is 89.6. The molecule has 0 aliphatic carbocycles. The SMILES string of the molecule is CC.N#CCC1CNC1. The normalized spacial score (nSPS) is 16.6. The summed E-state index contributed by atoms with van der Waals surface area (Å²) in [4.78, 5) is 0. The molecule has 0 bridgehead atoms. The highest BCUT2D eigenvalue weighted by Gasteiger charge is 2.14. The van der Waals surface area contributed by atoms with Gasteiger partial charge in [0.1, 0.15) is 0 Å². The van der Waals surface area contributed by atoms with Gasteiger partial charge in [0, 0.05) is 19.5 Å². The number of nitrogens with one attached hydrogen (secondary N) is 1. The topological polar surface area (TPSA) is 35.8 Å². The molecular formula is C7H14N2. The van der Waals surface area contributed by atoms with Gasteiger partial charge in [-0.2, -0.15) is 5.26 Å². The van der Waals surface area contributed by atoms with Crippen LogP contribution < -0.4 is 5.32 Å². The Hall–Kier alpha value is -0.550. The predicted octanol–water partition coefficient (Wildman–Crippen LogP) is 1.15. The second-order valence-corrected chi connectivity index (χ2v) is 1.89. The summed E-state index contributed by atoms with van der Waals surface area (Å²) in [5, 5.41) is 11.2.